The molecule has 1 atom stereocenters. The monoisotopic (exact) mass is 402 g/mol. The molecule has 2 aromatic rings. The molecule has 1 aliphatic heterocycles. The maximum atomic E-state index is 13.7. The summed E-state index contributed by atoms with van der Waals surface area (Å²) in [6.07, 6.45) is 7.20. The zero-order chi connectivity index (χ0) is 21.7. The maximum Gasteiger partial charge on any atom is 0.232 e. The van der Waals surface area contributed by atoms with Crippen molar-refractivity contribution in [2.45, 2.75) is 40.2 Å². The van der Waals surface area contributed by atoms with E-state index >= 15 is 0 Å². The van der Waals surface area contributed by atoms with Crippen molar-refractivity contribution in [2.24, 2.45) is 11.3 Å². The van der Waals surface area contributed by atoms with E-state index in [-0.39, 0.29) is 17.7 Å². The maximum absolute atomic E-state index is 13.7. The van der Waals surface area contributed by atoms with E-state index in [0.717, 1.165) is 29.7 Å². The van der Waals surface area contributed by atoms with Gasteiger partial charge < -0.3 is 9.80 Å². The first kappa shape index (κ1) is 21.6. The number of benzene rings is 2. The van der Waals surface area contributed by atoms with Crippen LogP contribution in [0.3, 0.4) is 0 Å². The van der Waals surface area contributed by atoms with E-state index in [1.54, 1.807) is 0 Å². The number of hydrogen-bond acceptors (Lipinski definition) is 2. The number of amides is 2. The van der Waals surface area contributed by atoms with Crippen LogP contribution in [0, 0.1) is 23.7 Å². The highest BCUT2D eigenvalue weighted by Gasteiger charge is 2.35. The van der Waals surface area contributed by atoms with Gasteiger partial charge in [0.25, 0.3) is 0 Å². The molecule has 0 N–H and O–H groups in total. The van der Waals surface area contributed by atoms with E-state index in [2.05, 4.69) is 5.92 Å². The first-order chi connectivity index (χ1) is 14.3. The topological polar surface area (TPSA) is 40.6 Å². The van der Waals surface area contributed by atoms with Crippen LogP contribution in [-0.2, 0) is 16.1 Å². The molecule has 4 nitrogen and oxygen atoms in total. The van der Waals surface area contributed by atoms with Crippen molar-refractivity contribution >= 4 is 17.5 Å². The number of carbonyl (C=O) groups excluding carboxylic acids is 2. The summed E-state index contributed by atoms with van der Waals surface area (Å²) in [5.41, 5.74) is 2.14. The van der Waals surface area contributed by atoms with E-state index in [1.165, 1.54) is 0 Å². The van der Waals surface area contributed by atoms with Crippen molar-refractivity contribution in [2.75, 3.05) is 18.0 Å². The molecule has 0 aliphatic carbocycles. The molecule has 0 bridgehead atoms. The van der Waals surface area contributed by atoms with Crippen molar-refractivity contribution in [1.82, 2.24) is 4.90 Å². The lowest BCUT2D eigenvalue weighted by atomic mass is 9.90. The zero-order valence-corrected chi connectivity index (χ0v) is 18.1. The van der Waals surface area contributed by atoms with Crippen LogP contribution in [0.4, 0.5) is 5.69 Å². The standard InChI is InChI=1S/C26H30N2O2/c1-5-20-13-9-15-23(17-20)28(18-21-11-7-6-8-12-21)24(29)22-14-10-16-27(19-22)25(30)26(2,3)4/h1,6-9,11-13,15,17,22H,10,14,16,18-19H2,2-4H3. The van der Waals surface area contributed by atoms with Gasteiger partial charge in [0.1, 0.15) is 0 Å². The lowest BCUT2D eigenvalue weighted by molar-refractivity contribution is -0.142. The minimum Gasteiger partial charge on any atom is -0.341 e. The summed E-state index contributed by atoms with van der Waals surface area (Å²) in [5.74, 6) is 2.58. The van der Waals surface area contributed by atoms with Crippen molar-refractivity contribution in [3.05, 3.63) is 65.7 Å². The van der Waals surface area contributed by atoms with Crippen LogP contribution in [0.2, 0.25) is 0 Å². The summed E-state index contributed by atoms with van der Waals surface area (Å²) in [6, 6.07) is 17.5. The fourth-order valence-electron chi connectivity index (χ4n) is 3.88. The SMILES string of the molecule is C#Cc1cccc(N(Cc2ccccc2)C(=O)C2CCCN(C(=O)C(C)(C)C)C2)c1. The van der Waals surface area contributed by atoms with Crippen LogP contribution in [-0.4, -0.2) is 29.8 Å². The third-order valence-electron chi connectivity index (χ3n) is 5.47. The van der Waals surface area contributed by atoms with Gasteiger partial charge in [-0.05, 0) is 36.6 Å². The van der Waals surface area contributed by atoms with E-state index in [4.69, 9.17) is 6.42 Å². The Morgan fingerprint density at radius 1 is 1.13 bits per heavy atom. The Bertz CT molecular complexity index is 937. The van der Waals surface area contributed by atoms with E-state index in [0.29, 0.717) is 19.6 Å². The summed E-state index contributed by atoms with van der Waals surface area (Å²) in [7, 11) is 0. The number of rotatable bonds is 4. The molecule has 0 aromatic heterocycles. The van der Waals surface area contributed by atoms with Gasteiger partial charge in [0.15, 0.2) is 0 Å². The third-order valence-corrected chi connectivity index (χ3v) is 5.47. The smallest absolute Gasteiger partial charge is 0.232 e. The predicted molar refractivity (Wildman–Crippen MR) is 121 cm³/mol. The van der Waals surface area contributed by atoms with E-state index in [9.17, 15) is 9.59 Å². The second-order valence-corrected chi connectivity index (χ2v) is 8.94. The molecular formula is C26H30N2O2. The number of terminal acetylenes is 1. The molecular weight excluding hydrogens is 372 g/mol. The molecule has 1 saturated heterocycles. The predicted octanol–water partition coefficient (Wildman–Crippen LogP) is 4.49. The number of carbonyl (C=O) groups is 2. The molecule has 0 spiro atoms. The van der Waals surface area contributed by atoms with Gasteiger partial charge in [-0.3, -0.25) is 9.59 Å². The molecule has 0 saturated carbocycles. The summed E-state index contributed by atoms with van der Waals surface area (Å²) in [4.78, 5) is 30.1. The Hall–Kier alpha value is -3.06. The van der Waals surface area contributed by atoms with Gasteiger partial charge in [0, 0.05) is 29.8 Å². The molecule has 1 fully saturated rings. The Balaban J connectivity index is 1.87. The molecule has 2 aromatic carbocycles. The first-order valence-electron chi connectivity index (χ1n) is 10.5. The Morgan fingerprint density at radius 2 is 1.87 bits per heavy atom. The van der Waals surface area contributed by atoms with Crippen LogP contribution in [0.5, 0.6) is 0 Å². The summed E-state index contributed by atoms with van der Waals surface area (Å²) >= 11 is 0. The second kappa shape index (κ2) is 9.17. The lowest BCUT2D eigenvalue weighted by Gasteiger charge is -2.37. The quantitative estimate of drug-likeness (QED) is 0.707. The molecule has 30 heavy (non-hydrogen) atoms. The van der Waals surface area contributed by atoms with Crippen molar-refractivity contribution in [3.8, 4) is 12.3 Å². The lowest BCUT2D eigenvalue weighted by Crippen LogP contribution is -2.49. The molecule has 4 heteroatoms. The highest BCUT2D eigenvalue weighted by molar-refractivity contribution is 5.96. The molecule has 3 rings (SSSR count). The van der Waals surface area contributed by atoms with Crippen molar-refractivity contribution in [3.63, 3.8) is 0 Å². The van der Waals surface area contributed by atoms with Crippen molar-refractivity contribution < 1.29 is 9.59 Å². The fourth-order valence-corrected chi connectivity index (χ4v) is 3.88. The van der Waals surface area contributed by atoms with Crippen molar-refractivity contribution in [1.29, 1.82) is 0 Å². The number of piperidine rings is 1. The van der Waals surface area contributed by atoms with Gasteiger partial charge in [0.2, 0.25) is 11.8 Å². The van der Waals surface area contributed by atoms with Gasteiger partial charge in [-0.25, -0.2) is 0 Å². The van der Waals surface area contributed by atoms with Gasteiger partial charge >= 0.3 is 0 Å². The fraction of sp³-hybridized carbons (Fsp3) is 0.385. The Morgan fingerprint density at radius 3 is 2.53 bits per heavy atom. The van der Waals surface area contributed by atoms with E-state index < -0.39 is 5.41 Å². The number of anilines is 1. The van der Waals surface area contributed by atoms with E-state index in [1.807, 2.05) is 85.2 Å². The van der Waals surface area contributed by atoms with Crippen LogP contribution in [0.1, 0.15) is 44.7 Å². The highest BCUT2D eigenvalue weighted by atomic mass is 16.2. The number of hydrogen-bond donors (Lipinski definition) is 0. The third kappa shape index (κ3) is 5.10. The molecule has 156 valence electrons. The molecule has 1 unspecified atom stereocenters. The number of nitrogens with zero attached hydrogens (tertiary/aromatic N) is 2. The molecule has 1 aliphatic rings. The molecule has 0 radical (unpaired) electrons. The summed E-state index contributed by atoms with van der Waals surface area (Å²) < 4.78 is 0. The number of likely N-dealkylation sites (tertiary alicyclic amines) is 1. The molecule has 2 amide bonds. The van der Waals surface area contributed by atoms with Gasteiger partial charge in [-0.2, -0.15) is 0 Å². The van der Waals surface area contributed by atoms with Gasteiger partial charge in [0.05, 0.1) is 12.5 Å². The second-order valence-electron chi connectivity index (χ2n) is 8.94. The van der Waals surface area contributed by atoms with Gasteiger partial charge in [-0.15, -0.1) is 6.42 Å². The van der Waals surface area contributed by atoms with Crippen LogP contribution < -0.4 is 4.90 Å². The Kier molecular flexibility index (Phi) is 6.62. The molecule has 1 heterocycles. The Labute approximate surface area is 179 Å². The van der Waals surface area contributed by atoms with Crippen LogP contribution >= 0.6 is 0 Å². The minimum atomic E-state index is -0.449. The summed E-state index contributed by atoms with van der Waals surface area (Å²) in [6.45, 7) is 7.42. The minimum absolute atomic E-state index is 0.0411. The highest BCUT2D eigenvalue weighted by Crippen LogP contribution is 2.27. The zero-order valence-electron chi connectivity index (χ0n) is 18.1. The average molecular weight is 403 g/mol. The normalized spacial score (nSPS) is 16.6. The first-order valence-corrected chi connectivity index (χ1v) is 10.5. The van der Waals surface area contributed by atoms with Gasteiger partial charge in [-0.1, -0.05) is 63.1 Å². The largest absolute Gasteiger partial charge is 0.341 e. The van der Waals surface area contributed by atoms with Crippen LogP contribution in [0.25, 0.3) is 0 Å². The average Bonchev–Trinajstić information content (AvgIpc) is 2.76. The van der Waals surface area contributed by atoms with Crippen LogP contribution in [0.15, 0.2) is 54.6 Å². The summed E-state index contributed by atoms with van der Waals surface area (Å²) in [5, 5.41) is 0.